The minimum absolute atomic E-state index is 0.0262. The van der Waals surface area contributed by atoms with Crippen LogP contribution in [0.15, 0.2) is 57.5 Å². The predicted molar refractivity (Wildman–Crippen MR) is 136 cm³/mol. The Kier molecular flexibility index (Phi) is 6.73. The zero-order valence-corrected chi connectivity index (χ0v) is 21.3. The number of amides is 1. The van der Waals surface area contributed by atoms with Crippen LogP contribution in [0.25, 0.3) is 16.5 Å². The van der Waals surface area contributed by atoms with Crippen molar-refractivity contribution < 1.29 is 13.2 Å². The average molecular weight is 512 g/mol. The normalized spacial score (nSPS) is 11.7. The minimum Gasteiger partial charge on any atom is -0.310 e. The first-order valence-electron chi connectivity index (χ1n) is 10.9. The van der Waals surface area contributed by atoms with Crippen molar-refractivity contribution in [1.82, 2.24) is 19.7 Å². The molecule has 9 nitrogen and oxygen atoms in total. The van der Waals surface area contributed by atoms with Crippen molar-refractivity contribution in [3.63, 3.8) is 0 Å². The molecule has 4 rings (SSSR count). The summed E-state index contributed by atoms with van der Waals surface area (Å²) in [6, 6.07) is 11.8. The molecular formula is C24H25N5O4S2. The number of nitrogens with zero attached hydrogens (tertiary/aromatic N) is 3. The third kappa shape index (κ3) is 5.10. The Morgan fingerprint density at radius 2 is 1.89 bits per heavy atom. The zero-order valence-electron chi connectivity index (χ0n) is 19.7. The van der Waals surface area contributed by atoms with E-state index in [-0.39, 0.29) is 28.7 Å². The molecular weight excluding hydrogens is 486 g/mol. The van der Waals surface area contributed by atoms with E-state index in [2.05, 4.69) is 20.4 Å². The van der Waals surface area contributed by atoms with E-state index in [1.54, 1.807) is 45.9 Å². The molecule has 0 spiro atoms. The summed E-state index contributed by atoms with van der Waals surface area (Å²) in [6.45, 7) is 6.68. The molecule has 0 fully saturated rings. The van der Waals surface area contributed by atoms with Gasteiger partial charge in [0.15, 0.2) is 9.84 Å². The number of H-pyrrole nitrogens is 1. The number of hydrogen-bond acceptors (Lipinski definition) is 7. The van der Waals surface area contributed by atoms with Crippen LogP contribution in [0.1, 0.15) is 30.7 Å². The number of rotatable bonds is 7. The highest BCUT2D eigenvalue weighted by atomic mass is 32.2. The molecule has 0 saturated heterocycles. The highest BCUT2D eigenvalue weighted by Crippen LogP contribution is 2.27. The van der Waals surface area contributed by atoms with Gasteiger partial charge in [-0.3, -0.25) is 14.6 Å². The molecule has 35 heavy (non-hydrogen) atoms. The van der Waals surface area contributed by atoms with Gasteiger partial charge in [0.05, 0.1) is 21.4 Å². The van der Waals surface area contributed by atoms with Crippen LogP contribution in [0.4, 0.5) is 5.82 Å². The first-order chi connectivity index (χ1) is 16.6. The molecule has 4 aromatic rings. The Hall–Kier alpha value is -3.57. The van der Waals surface area contributed by atoms with Crippen LogP contribution in [0.5, 0.6) is 0 Å². The van der Waals surface area contributed by atoms with Crippen molar-refractivity contribution >= 4 is 32.9 Å². The maximum absolute atomic E-state index is 12.9. The average Bonchev–Trinajstić information content (AvgIpc) is 3.47. The van der Waals surface area contributed by atoms with Crippen molar-refractivity contribution in [3.05, 3.63) is 75.0 Å². The van der Waals surface area contributed by atoms with Crippen molar-refractivity contribution in [3.8, 4) is 16.5 Å². The summed E-state index contributed by atoms with van der Waals surface area (Å²) in [5, 5.41) is 8.80. The molecule has 3 heterocycles. The van der Waals surface area contributed by atoms with Crippen molar-refractivity contribution in [2.45, 2.75) is 44.3 Å². The molecule has 0 saturated carbocycles. The second-order valence-electron chi connectivity index (χ2n) is 8.37. The standard InChI is InChI=1S/C24H25N5O4S2/c1-14(2)35(32,33)18-9-7-17(8-10-18)12-22(30)26-21-13-19(20-6-5-11-34-20)28-29(21)24-25-16(4)15(3)23(31)27-24/h5-11,13-14H,12H2,1-4H3,(H,26,30)(H,25,27,31). The molecule has 3 aromatic heterocycles. The minimum atomic E-state index is -3.38. The second kappa shape index (κ2) is 9.59. The summed E-state index contributed by atoms with van der Waals surface area (Å²) in [5.74, 6) is 0.220. The van der Waals surface area contributed by atoms with E-state index in [0.717, 1.165) is 4.88 Å². The lowest BCUT2D eigenvalue weighted by atomic mass is 10.1. The Morgan fingerprint density at radius 1 is 1.17 bits per heavy atom. The third-order valence-electron chi connectivity index (χ3n) is 5.57. The first-order valence-corrected chi connectivity index (χ1v) is 13.3. The van der Waals surface area contributed by atoms with Crippen LogP contribution in [-0.2, 0) is 21.1 Å². The Bertz CT molecular complexity index is 1530. The molecule has 182 valence electrons. The maximum Gasteiger partial charge on any atom is 0.255 e. The fourth-order valence-electron chi connectivity index (χ4n) is 3.35. The molecule has 0 aliphatic rings. The summed E-state index contributed by atoms with van der Waals surface area (Å²) in [4.78, 5) is 33.5. The van der Waals surface area contributed by atoms with Crippen LogP contribution in [0.3, 0.4) is 0 Å². The van der Waals surface area contributed by atoms with Crippen LogP contribution in [-0.4, -0.2) is 39.3 Å². The number of hydrogen-bond donors (Lipinski definition) is 2. The largest absolute Gasteiger partial charge is 0.310 e. The summed E-state index contributed by atoms with van der Waals surface area (Å²) >= 11 is 1.50. The van der Waals surface area contributed by atoms with Gasteiger partial charge in [0, 0.05) is 17.3 Å². The van der Waals surface area contributed by atoms with E-state index in [4.69, 9.17) is 0 Å². The van der Waals surface area contributed by atoms with Crippen LogP contribution >= 0.6 is 11.3 Å². The number of benzene rings is 1. The fraction of sp³-hybridized carbons (Fsp3) is 0.250. The lowest BCUT2D eigenvalue weighted by Crippen LogP contribution is -2.21. The number of carbonyl (C=O) groups is 1. The number of thiophene rings is 1. The molecule has 2 N–H and O–H groups in total. The highest BCUT2D eigenvalue weighted by Gasteiger charge is 2.20. The molecule has 0 aliphatic heterocycles. The molecule has 0 unspecified atom stereocenters. The van der Waals surface area contributed by atoms with Gasteiger partial charge in [0.25, 0.3) is 5.56 Å². The van der Waals surface area contributed by atoms with Gasteiger partial charge < -0.3 is 5.32 Å². The highest BCUT2D eigenvalue weighted by molar-refractivity contribution is 7.92. The van der Waals surface area contributed by atoms with Gasteiger partial charge in [-0.1, -0.05) is 18.2 Å². The van der Waals surface area contributed by atoms with E-state index in [9.17, 15) is 18.0 Å². The van der Waals surface area contributed by atoms with Crippen molar-refractivity contribution in [2.24, 2.45) is 0 Å². The molecule has 1 aromatic carbocycles. The van der Waals surface area contributed by atoms with Crippen molar-refractivity contribution in [2.75, 3.05) is 5.32 Å². The van der Waals surface area contributed by atoms with Crippen LogP contribution in [0, 0.1) is 13.8 Å². The molecule has 0 aliphatic carbocycles. The Labute approximate surface area is 206 Å². The van der Waals surface area contributed by atoms with E-state index >= 15 is 0 Å². The molecule has 11 heteroatoms. The van der Waals surface area contributed by atoms with Gasteiger partial charge in [-0.25, -0.2) is 13.4 Å². The quantitative estimate of drug-likeness (QED) is 0.390. The van der Waals surface area contributed by atoms with Gasteiger partial charge in [0.2, 0.25) is 11.9 Å². The number of nitrogens with one attached hydrogen (secondary N) is 2. The number of sulfone groups is 1. The second-order valence-corrected chi connectivity index (χ2v) is 11.8. The maximum atomic E-state index is 12.9. The molecule has 1 amide bonds. The topological polar surface area (TPSA) is 127 Å². The fourth-order valence-corrected chi connectivity index (χ4v) is 5.09. The number of aromatic nitrogens is 4. The monoisotopic (exact) mass is 511 g/mol. The number of aromatic amines is 1. The van der Waals surface area contributed by atoms with Crippen LogP contribution in [0.2, 0.25) is 0 Å². The number of carbonyl (C=O) groups excluding carboxylic acids is 1. The van der Waals surface area contributed by atoms with E-state index in [0.29, 0.717) is 28.3 Å². The van der Waals surface area contributed by atoms with Gasteiger partial charge in [-0.15, -0.1) is 11.3 Å². The summed E-state index contributed by atoms with van der Waals surface area (Å²) in [7, 11) is -3.38. The Balaban J connectivity index is 1.62. The molecule has 0 atom stereocenters. The molecule has 0 radical (unpaired) electrons. The van der Waals surface area contributed by atoms with Crippen molar-refractivity contribution in [1.29, 1.82) is 0 Å². The first kappa shape index (κ1) is 24.6. The summed E-state index contributed by atoms with van der Waals surface area (Å²) in [5.41, 5.74) is 2.07. The van der Waals surface area contributed by atoms with E-state index in [1.165, 1.54) is 28.2 Å². The van der Waals surface area contributed by atoms with Crippen LogP contribution < -0.4 is 10.9 Å². The lowest BCUT2D eigenvalue weighted by molar-refractivity contribution is -0.115. The summed E-state index contributed by atoms with van der Waals surface area (Å²) in [6.07, 6.45) is 0.0262. The third-order valence-corrected chi connectivity index (χ3v) is 8.63. The van der Waals surface area contributed by atoms with Gasteiger partial charge in [-0.05, 0) is 56.8 Å². The predicted octanol–water partition coefficient (Wildman–Crippen LogP) is 3.66. The Morgan fingerprint density at radius 3 is 2.49 bits per heavy atom. The van der Waals surface area contributed by atoms with Gasteiger partial charge >= 0.3 is 0 Å². The van der Waals surface area contributed by atoms with E-state index in [1.807, 2.05) is 17.5 Å². The number of anilines is 1. The van der Waals surface area contributed by atoms with Gasteiger partial charge in [0.1, 0.15) is 11.5 Å². The van der Waals surface area contributed by atoms with Gasteiger partial charge in [-0.2, -0.15) is 9.78 Å². The summed E-state index contributed by atoms with van der Waals surface area (Å²) < 4.78 is 26.1. The number of aryl methyl sites for hydroxylation is 1. The lowest BCUT2D eigenvalue weighted by Gasteiger charge is -2.10. The van der Waals surface area contributed by atoms with E-state index < -0.39 is 15.1 Å². The SMILES string of the molecule is Cc1nc(-n2nc(-c3cccs3)cc2NC(=O)Cc2ccc(S(=O)(=O)C(C)C)cc2)[nH]c(=O)c1C. The zero-order chi connectivity index (χ0) is 25.3. The smallest absolute Gasteiger partial charge is 0.255 e. The molecule has 0 bridgehead atoms.